The Morgan fingerprint density at radius 2 is 0.906 bits per heavy atom. The minimum Gasteiger partial charge on any atom is -0.497 e. The van der Waals surface area contributed by atoms with E-state index in [9.17, 15) is 19.2 Å². The number of carbonyl (C=O) groups excluding carboxylic acids is 4. The highest BCUT2D eigenvalue weighted by atomic mass is 16.5. The van der Waals surface area contributed by atoms with Crippen LogP contribution in [0.2, 0.25) is 0 Å². The first-order chi connectivity index (χ1) is 15.4. The minimum atomic E-state index is -0.190. The Kier molecular flexibility index (Phi) is 10.3. The highest BCUT2D eigenvalue weighted by Gasteiger charge is 2.13. The monoisotopic (exact) mass is 438 g/mol. The fraction of sp³-hybridized carbons (Fsp3) is 0.385. The third-order valence-corrected chi connectivity index (χ3v) is 5.20. The van der Waals surface area contributed by atoms with Crippen LogP contribution in [0.5, 0.6) is 11.5 Å². The summed E-state index contributed by atoms with van der Waals surface area (Å²) in [5.41, 5.74) is 1.00. The number of Topliss-reactive ketones (excluding diaryl/α,β-unsaturated/α-hetero) is 4. The van der Waals surface area contributed by atoms with E-state index in [0.717, 1.165) is 12.8 Å². The number of methoxy groups -OCH3 is 2. The zero-order chi connectivity index (χ0) is 23.3. The average molecular weight is 439 g/mol. The molecule has 0 unspecified atom stereocenters. The number of ether oxygens (including phenoxy) is 2. The van der Waals surface area contributed by atoms with E-state index in [-0.39, 0.29) is 36.0 Å². The van der Waals surface area contributed by atoms with Gasteiger partial charge in [0.1, 0.15) is 23.1 Å². The molecular weight excluding hydrogens is 408 g/mol. The first kappa shape index (κ1) is 25.0. The second-order valence-corrected chi connectivity index (χ2v) is 7.65. The Balaban J connectivity index is 1.57. The second-order valence-electron chi connectivity index (χ2n) is 7.65. The maximum absolute atomic E-state index is 12.2. The minimum absolute atomic E-state index is 0.0769. The van der Waals surface area contributed by atoms with E-state index in [0.29, 0.717) is 48.3 Å². The summed E-state index contributed by atoms with van der Waals surface area (Å²) in [7, 11) is 3.11. The van der Waals surface area contributed by atoms with Crippen molar-refractivity contribution in [3.05, 3.63) is 59.7 Å². The van der Waals surface area contributed by atoms with Crippen molar-refractivity contribution >= 4 is 23.1 Å². The van der Waals surface area contributed by atoms with E-state index in [4.69, 9.17) is 9.47 Å². The Labute approximate surface area is 188 Å². The lowest BCUT2D eigenvalue weighted by molar-refractivity contribution is -0.119. The normalized spacial score (nSPS) is 10.4. The molecule has 0 aliphatic heterocycles. The van der Waals surface area contributed by atoms with Crippen molar-refractivity contribution in [1.29, 1.82) is 0 Å². The molecule has 0 aromatic heterocycles. The Morgan fingerprint density at radius 1 is 0.562 bits per heavy atom. The van der Waals surface area contributed by atoms with Crippen LogP contribution in [0.15, 0.2) is 48.5 Å². The topological polar surface area (TPSA) is 86.7 Å². The molecule has 6 heteroatoms. The van der Waals surface area contributed by atoms with Gasteiger partial charge in [0.2, 0.25) is 0 Å². The van der Waals surface area contributed by atoms with E-state index in [2.05, 4.69) is 0 Å². The summed E-state index contributed by atoms with van der Waals surface area (Å²) in [4.78, 5) is 48.4. The van der Waals surface area contributed by atoms with Crippen molar-refractivity contribution in [1.82, 2.24) is 0 Å². The van der Waals surface area contributed by atoms with Crippen molar-refractivity contribution in [3.8, 4) is 11.5 Å². The number of hydrogen-bond acceptors (Lipinski definition) is 6. The van der Waals surface area contributed by atoms with Gasteiger partial charge >= 0.3 is 0 Å². The standard InChI is InChI=1S/C26H30O6/c1-31-23-13-9-19(10-14-23)25(29)17-21(27)7-5-3-4-6-8-22(28)18-26(30)20-11-15-24(32-2)16-12-20/h9-16H,3-8,17-18H2,1-2H3. The van der Waals surface area contributed by atoms with Crippen molar-refractivity contribution in [2.24, 2.45) is 0 Å². The molecular formula is C26H30O6. The summed E-state index contributed by atoms with van der Waals surface area (Å²) in [6.07, 6.45) is 3.50. The Morgan fingerprint density at radius 3 is 1.22 bits per heavy atom. The predicted octanol–water partition coefficient (Wildman–Crippen LogP) is 5.03. The molecule has 2 aromatic carbocycles. The summed E-state index contributed by atoms with van der Waals surface area (Å²) in [6.45, 7) is 0. The van der Waals surface area contributed by atoms with Gasteiger partial charge in [0.15, 0.2) is 11.6 Å². The van der Waals surface area contributed by atoms with Gasteiger partial charge in [0, 0.05) is 24.0 Å². The van der Waals surface area contributed by atoms with Crippen molar-refractivity contribution in [3.63, 3.8) is 0 Å². The number of unbranched alkanes of at least 4 members (excludes halogenated alkanes) is 3. The zero-order valence-corrected chi connectivity index (χ0v) is 18.7. The Bertz CT molecular complexity index is 835. The smallest absolute Gasteiger partial charge is 0.170 e. The molecule has 0 fully saturated rings. The number of ketones is 4. The number of benzene rings is 2. The molecule has 0 aliphatic carbocycles. The molecule has 170 valence electrons. The van der Waals surface area contributed by atoms with Crippen LogP contribution in [-0.4, -0.2) is 37.4 Å². The van der Waals surface area contributed by atoms with Gasteiger partial charge < -0.3 is 9.47 Å². The van der Waals surface area contributed by atoms with Crippen LogP contribution in [0.4, 0.5) is 0 Å². The van der Waals surface area contributed by atoms with E-state index >= 15 is 0 Å². The molecule has 2 rings (SSSR count). The molecule has 0 radical (unpaired) electrons. The number of hydrogen-bond donors (Lipinski definition) is 0. The van der Waals surface area contributed by atoms with Crippen LogP contribution >= 0.6 is 0 Å². The highest BCUT2D eigenvalue weighted by Crippen LogP contribution is 2.15. The van der Waals surface area contributed by atoms with Crippen LogP contribution in [0, 0.1) is 0 Å². The molecule has 0 spiro atoms. The average Bonchev–Trinajstić information content (AvgIpc) is 2.81. The lowest BCUT2D eigenvalue weighted by atomic mass is 10.0. The molecule has 0 atom stereocenters. The molecule has 6 nitrogen and oxygen atoms in total. The van der Waals surface area contributed by atoms with E-state index in [1.807, 2.05) is 0 Å². The third kappa shape index (κ3) is 8.46. The Hall–Kier alpha value is -3.28. The molecule has 0 saturated heterocycles. The predicted molar refractivity (Wildman–Crippen MR) is 122 cm³/mol. The maximum Gasteiger partial charge on any atom is 0.170 e. The highest BCUT2D eigenvalue weighted by molar-refractivity contribution is 6.08. The van der Waals surface area contributed by atoms with Gasteiger partial charge in [-0.2, -0.15) is 0 Å². The fourth-order valence-corrected chi connectivity index (χ4v) is 3.29. The van der Waals surface area contributed by atoms with Crippen LogP contribution in [-0.2, 0) is 9.59 Å². The summed E-state index contributed by atoms with van der Waals surface area (Å²) < 4.78 is 10.1. The lowest BCUT2D eigenvalue weighted by Gasteiger charge is -2.04. The van der Waals surface area contributed by atoms with Gasteiger partial charge in [0.25, 0.3) is 0 Å². The number of carbonyl (C=O) groups is 4. The number of rotatable bonds is 15. The molecule has 32 heavy (non-hydrogen) atoms. The van der Waals surface area contributed by atoms with E-state index in [1.165, 1.54) is 0 Å². The van der Waals surface area contributed by atoms with Crippen LogP contribution < -0.4 is 9.47 Å². The molecule has 0 N–H and O–H groups in total. The van der Waals surface area contributed by atoms with Crippen LogP contribution in [0.25, 0.3) is 0 Å². The van der Waals surface area contributed by atoms with Gasteiger partial charge in [-0.1, -0.05) is 12.8 Å². The van der Waals surface area contributed by atoms with Gasteiger partial charge in [0.05, 0.1) is 27.1 Å². The van der Waals surface area contributed by atoms with E-state index in [1.54, 1.807) is 62.8 Å². The van der Waals surface area contributed by atoms with Gasteiger partial charge in [-0.15, -0.1) is 0 Å². The molecule has 0 heterocycles. The first-order valence-corrected chi connectivity index (χ1v) is 10.8. The van der Waals surface area contributed by atoms with Gasteiger partial charge in [-0.05, 0) is 61.4 Å². The molecule has 2 aromatic rings. The molecule has 0 amide bonds. The summed E-state index contributed by atoms with van der Waals surface area (Å²) >= 11 is 0. The summed E-state index contributed by atoms with van der Waals surface area (Å²) in [6, 6.07) is 13.4. The van der Waals surface area contributed by atoms with Crippen LogP contribution in [0.3, 0.4) is 0 Å². The van der Waals surface area contributed by atoms with Crippen molar-refractivity contribution in [2.45, 2.75) is 51.4 Å². The van der Waals surface area contributed by atoms with Crippen molar-refractivity contribution in [2.75, 3.05) is 14.2 Å². The first-order valence-electron chi connectivity index (χ1n) is 10.8. The molecule has 0 saturated carbocycles. The second kappa shape index (κ2) is 13.2. The summed E-state index contributed by atoms with van der Waals surface area (Å²) in [5.74, 6) is 0.793. The fourth-order valence-electron chi connectivity index (χ4n) is 3.29. The zero-order valence-electron chi connectivity index (χ0n) is 18.7. The van der Waals surface area contributed by atoms with E-state index < -0.39 is 0 Å². The third-order valence-electron chi connectivity index (χ3n) is 5.20. The van der Waals surface area contributed by atoms with Gasteiger partial charge in [-0.25, -0.2) is 0 Å². The van der Waals surface area contributed by atoms with Crippen molar-refractivity contribution < 1.29 is 28.7 Å². The lowest BCUT2D eigenvalue weighted by Crippen LogP contribution is -2.08. The van der Waals surface area contributed by atoms with Gasteiger partial charge in [-0.3, -0.25) is 19.2 Å². The van der Waals surface area contributed by atoms with Crippen LogP contribution in [0.1, 0.15) is 72.1 Å². The largest absolute Gasteiger partial charge is 0.497 e. The SMILES string of the molecule is COc1ccc(C(=O)CC(=O)CCCCCCC(=O)CC(=O)c2ccc(OC)cc2)cc1. The quantitative estimate of drug-likeness (QED) is 0.220. The summed E-state index contributed by atoms with van der Waals surface area (Å²) in [5, 5.41) is 0. The molecule has 0 bridgehead atoms. The maximum atomic E-state index is 12.2. The molecule has 0 aliphatic rings.